The van der Waals surface area contributed by atoms with E-state index in [-0.39, 0.29) is 0 Å². The summed E-state index contributed by atoms with van der Waals surface area (Å²) in [7, 11) is 2.00. The maximum atomic E-state index is 4.79. The molecule has 1 saturated heterocycles. The first-order valence-corrected chi connectivity index (χ1v) is 9.85. The number of rotatable bonds is 5. The second-order valence-corrected chi connectivity index (χ2v) is 7.87. The van der Waals surface area contributed by atoms with Crippen molar-refractivity contribution >= 4 is 5.96 Å². The highest BCUT2D eigenvalue weighted by atomic mass is 15.3. The predicted molar refractivity (Wildman–Crippen MR) is 98.4 cm³/mol. The van der Waals surface area contributed by atoms with Gasteiger partial charge in [-0.2, -0.15) is 0 Å². The first-order chi connectivity index (χ1) is 12.2. The number of hydrogen-bond acceptors (Lipinski definition) is 4. The van der Waals surface area contributed by atoms with Crippen LogP contribution in [0.4, 0.5) is 0 Å². The molecule has 1 aromatic rings. The van der Waals surface area contributed by atoms with Crippen molar-refractivity contribution in [3.63, 3.8) is 0 Å². The van der Waals surface area contributed by atoms with Crippen molar-refractivity contribution in [2.45, 2.75) is 76.5 Å². The summed E-state index contributed by atoms with van der Waals surface area (Å²) in [6.07, 6.45) is 9.31. The molecule has 3 fully saturated rings. The minimum absolute atomic E-state index is 0.506. The van der Waals surface area contributed by atoms with Gasteiger partial charge in [-0.25, -0.2) is 4.99 Å². The molecule has 2 aliphatic carbocycles. The Morgan fingerprint density at radius 3 is 2.52 bits per heavy atom. The van der Waals surface area contributed by atoms with Crippen LogP contribution in [0.5, 0.6) is 0 Å². The van der Waals surface area contributed by atoms with E-state index in [1.807, 2.05) is 18.5 Å². The molecule has 2 heterocycles. The average Bonchev–Trinajstić information content (AvgIpc) is 3.01. The van der Waals surface area contributed by atoms with Crippen LogP contribution in [0.25, 0.3) is 0 Å². The lowest BCUT2D eigenvalue weighted by molar-refractivity contribution is 0.242. The van der Waals surface area contributed by atoms with Crippen LogP contribution in [-0.2, 0) is 13.6 Å². The molecule has 0 bridgehead atoms. The van der Waals surface area contributed by atoms with Crippen LogP contribution in [0, 0.1) is 6.92 Å². The quantitative estimate of drug-likeness (QED) is 0.622. The summed E-state index contributed by atoms with van der Waals surface area (Å²) >= 11 is 0. The van der Waals surface area contributed by atoms with Gasteiger partial charge in [0, 0.05) is 38.3 Å². The molecule has 1 atom stereocenters. The molecule has 1 aliphatic heterocycles. The van der Waals surface area contributed by atoms with Gasteiger partial charge in [0.25, 0.3) is 0 Å². The van der Waals surface area contributed by atoms with Crippen molar-refractivity contribution in [1.82, 2.24) is 30.3 Å². The second-order valence-electron chi connectivity index (χ2n) is 7.87. The molecule has 25 heavy (non-hydrogen) atoms. The van der Waals surface area contributed by atoms with Gasteiger partial charge in [0.1, 0.15) is 12.4 Å². The molecule has 0 spiro atoms. The van der Waals surface area contributed by atoms with Gasteiger partial charge in [0.15, 0.2) is 11.8 Å². The number of guanidine groups is 1. The summed E-state index contributed by atoms with van der Waals surface area (Å²) in [5.74, 6) is 2.78. The molecule has 3 aliphatic rings. The Kier molecular flexibility index (Phi) is 4.92. The molecular weight excluding hydrogens is 314 g/mol. The minimum atomic E-state index is 0.506. The van der Waals surface area contributed by atoms with Crippen LogP contribution in [-0.4, -0.2) is 56.8 Å². The van der Waals surface area contributed by atoms with E-state index in [0.29, 0.717) is 18.6 Å². The van der Waals surface area contributed by atoms with Gasteiger partial charge in [0.2, 0.25) is 0 Å². The molecule has 7 heteroatoms. The van der Waals surface area contributed by atoms with E-state index >= 15 is 0 Å². The summed E-state index contributed by atoms with van der Waals surface area (Å²) in [4.78, 5) is 7.47. The zero-order chi connectivity index (χ0) is 17.2. The third-order valence-electron chi connectivity index (χ3n) is 5.88. The van der Waals surface area contributed by atoms with Gasteiger partial charge in [-0.05, 0) is 39.0 Å². The van der Waals surface area contributed by atoms with Crippen molar-refractivity contribution in [1.29, 1.82) is 0 Å². The largest absolute Gasteiger partial charge is 0.354 e. The Labute approximate surface area is 150 Å². The maximum Gasteiger partial charge on any atom is 0.192 e. The summed E-state index contributed by atoms with van der Waals surface area (Å²) in [6.45, 7) is 4.91. The number of nitrogens with zero attached hydrogens (tertiary/aromatic N) is 5. The first kappa shape index (κ1) is 16.8. The van der Waals surface area contributed by atoms with Gasteiger partial charge in [-0.3, -0.25) is 4.90 Å². The number of aliphatic imine (C=N–C) groups is 1. The van der Waals surface area contributed by atoms with E-state index in [1.54, 1.807) is 0 Å². The minimum Gasteiger partial charge on any atom is -0.354 e. The van der Waals surface area contributed by atoms with Crippen LogP contribution in [0.2, 0.25) is 0 Å². The third kappa shape index (κ3) is 4.14. The van der Waals surface area contributed by atoms with E-state index in [9.17, 15) is 0 Å². The molecule has 2 saturated carbocycles. The molecule has 4 rings (SSSR count). The maximum absolute atomic E-state index is 4.79. The second kappa shape index (κ2) is 7.32. The first-order valence-electron chi connectivity index (χ1n) is 9.85. The van der Waals surface area contributed by atoms with Crippen molar-refractivity contribution in [2.75, 3.05) is 13.1 Å². The van der Waals surface area contributed by atoms with Crippen molar-refractivity contribution in [3.05, 3.63) is 11.6 Å². The average molecular weight is 345 g/mol. The SMILES string of the molecule is Cc1nnc(CN=C(NC2CC2)NC2CCN(C3CCCC3)C2)n1C. The van der Waals surface area contributed by atoms with Crippen LogP contribution < -0.4 is 10.6 Å². The van der Waals surface area contributed by atoms with Crippen LogP contribution in [0.3, 0.4) is 0 Å². The van der Waals surface area contributed by atoms with Crippen LogP contribution >= 0.6 is 0 Å². The molecule has 0 aromatic carbocycles. The fourth-order valence-electron chi connectivity index (χ4n) is 3.99. The lowest BCUT2D eigenvalue weighted by Gasteiger charge is -2.24. The molecule has 138 valence electrons. The fraction of sp³-hybridized carbons (Fsp3) is 0.833. The lowest BCUT2D eigenvalue weighted by Crippen LogP contribution is -2.46. The van der Waals surface area contributed by atoms with Gasteiger partial charge < -0.3 is 15.2 Å². The van der Waals surface area contributed by atoms with Crippen LogP contribution in [0.15, 0.2) is 4.99 Å². The Balaban J connectivity index is 1.35. The fourth-order valence-corrected chi connectivity index (χ4v) is 3.99. The number of hydrogen-bond donors (Lipinski definition) is 2. The molecular formula is C18H31N7. The normalized spacial score (nSPS) is 25.7. The van der Waals surface area contributed by atoms with Crippen molar-refractivity contribution in [3.8, 4) is 0 Å². The summed E-state index contributed by atoms with van der Waals surface area (Å²) < 4.78 is 2.01. The monoisotopic (exact) mass is 345 g/mol. The van der Waals surface area contributed by atoms with Crippen LogP contribution in [0.1, 0.15) is 56.6 Å². The molecule has 0 amide bonds. The van der Waals surface area contributed by atoms with Gasteiger partial charge >= 0.3 is 0 Å². The van der Waals surface area contributed by atoms with E-state index in [2.05, 4.69) is 25.7 Å². The summed E-state index contributed by atoms with van der Waals surface area (Å²) in [5.41, 5.74) is 0. The van der Waals surface area contributed by atoms with E-state index in [4.69, 9.17) is 4.99 Å². The highest BCUT2D eigenvalue weighted by Crippen LogP contribution is 2.26. The Morgan fingerprint density at radius 2 is 1.84 bits per heavy atom. The Bertz CT molecular complexity index is 613. The number of nitrogens with one attached hydrogen (secondary N) is 2. The number of aromatic nitrogens is 3. The molecule has 1 aromatic heterocycles. The lowest BCUT2D eigenvalue weighted by atomic mass is 10.2. The molecule has 7 nitrogen and oxygen atoms in total. The van der Waals surface area contributed by atoms with Gasteiger partial charge in [-0.1, -0.05) is 12.8 Å². The van der Waals surface area contributed by atoms with E-state index in [1.165, 1.54) is 51.5 Å². The summed E-state index contributed by atoms with van der Waals surface area (Å²) in [6, 6.07) is 1.93. The third-order valence-corrected chi connectivity index (χ3v) is 5.88. The van der Waals surface area contributed by atoms with Gasteiger partial charge in [-0.15, -0.1) is 10.2 Å². The van der Waals surface area contributed by atoms with Gasteiger partial charge in [0.05, 0.1) is 0 Å². The Morgan fingerprint density at radius 1 is 1.08 bits per heavy atom. The smallest absolute Gasteiger partial charge is 0.192 e. The highest BCUT2D eigenvalue weighted by Gasteiger charge is 2.31. The predicted octanol–water partition coefficient (Wildman–Crippen LogP) is 1.34. The zero-order valence-corrected chi connectivity index (χ0v) is 15.5. The zero-order valence-electron chi connectivity index (χ0n) is 15.5. The highest BCUT2D eigenvalue weighted by molar-refractivity contribution is 5.80. The molecule has 1 unspecified atom stereocenters. The standard InChI is InChI=1S/C18H31N7/c1-13-22-23-17(24(13)2)11-19-18(20-14-7-8-14)21-15-9-10-25(12-15)16-5-3-4-6-16/h14-16H,3-12H2,1-2H3,(H2,19,20,21). The molecule has 2 N–H and O–H groups in total. The van der Waals surface area contributed by atoms with E-state index in [0.717, 1.165) is 30.2 Å². The van der Waals surface area contributed by atoms with Crippen molar-refractivity contribution in [2.24, 2.45) is 12.0 Å². The molecule has 0 radical (unpaired) electrons. The summed E-state index contributed by atoms with van der Waals surface area (Å²) in [5, 5.41) is 15.6. The number of aryl methyl sites for hydroxylation is 1. The number of likely N-dealkylation sites (tertiary alicyclic amines) is 1. The Hall–Kier alpha value is -1.63. The topological polar surface area (TPSA) is 70.4 Å². The van der Waals surface area contributed by atoms with E-state index < -0.39 is 0 Å². The van der Waals surface area contributed by atoms with Crippen molar-refractivity contribution < 1.29 is 0 Å².